The summed E-state index contributed by atoms with van der Waals surface area (Å²) in [4.78, 5) is 29.5. The van der Waals surface area contributed by atoms with Crippen LogP contribution in [0.25, 0.3) is 0 Å². The molecule has 2 rings (SSSR count). The van der Waals surface area contributed by atoms with Crippen molar-refractivity contribution < 1.29 is 9.53 Å². The van der Waals surface area contributed by atoms with Crippen LogP contribution in [0.4, 0.5) is 0 Å². The highest BCUT2D eigenvalue weighted by molar-refractivity contribution is 7.98. The van der Waals surface area contributed by atoms with E-state index < -0.39 is 5.69 Å². The van der Waals surface area contributed by atoms with Crippen LogP contribution in [0, 0.1) is 6.92 Å². The number of amides is 1. The largest absolute Gasteiger partial charge is 0.377 e. The molecule has 1 amide bonds. The third kappa shape index (κ3) is 2.50. The van der Waals surface area contributed by atoms with E-state index in [4.69, 9.17) is 4.74 Å². The van der Waals surface area contributed by atoms with Crippen molar-refractivity contribution in [2.24, 2.45) is 0 Å². The molecule has 1 aliphatic heterocycles. The van der Waals surface area contributed by atoms with Gasteiger partial charge in [0.25, 0.3) is 5.91 Å². The molecule has 2 heterocycles. The lowest BCUT2D eigenvalue weighted by atomic mass is 10.2. The minimum absolute atomic E-state index is 0.0588. The van der Waals surface area contributed by atoms with Crippen molar-refractivity contribution in [3.63, 3.8) is 0 Å². The zero-order chi connectivity index (χ0) is 12.4. The van der Waals surface area contributed by atoms with Crippen LogP contribution in [0.5, 0.6) is 0 Å². The molecule has 1 saturated heterocycles. The Kier molecular flexibility index (Phi) is 3.49. The Balaban J connectivity index is 2.29. The molecule has 0 aliphatic carbocycles. The van der Waals surface area contributed by atoms with Crippen LogP contribution in [-0.2, 0) is 4.74 Å². The number of rotatable bonds is 3. The van der Waals surface area contributed by atoms with E-state index in [1.165, 1.54) is 11.8 Å². The number of hydrogen-bond donors (Lipinski definition) is 2. The van der Waals surface area contributed by atoms with Gasteiger partial charge >= 0.3 is 5.69 Å². The van der Waals surface area contributed by atoms with Crippen molar-refractivity contribution >= 4 is 17.7 Å². The van der Waals surface area contributed by atoms with Crippen LogP contribution in [-0.4, -0.2) is 41.4 Å². The first kappa shape index (κ1) is 12.1. The van der Waals surface area contributed by atoms with Crippen LogP contribution >= 0.6 is 11.8 Å². The predicted molar refractivity (Wildman–Crippen MR) is 63.4 cm³/mol. The Labute approximate surface area is 102 Å². The van der Waals surface area contributed by atoms with Gasteiger partial charge in [-0.15, -0.1) is 11.8 Å². The molecule has 0 unspecified atom stereocenters. The average molecular weight is 255 g/mol. The Morgan fingerprint density at radius 3 is 2.82 bits per heavy atom. The zero-order valence-electron chi connectivity index (χ0n) is 9.57. The first-order chi connectivity index (χ1) is 8.11. The van der Waals surface area contributed by atoms with Gasteiger partial charge < -0.3 is 15.0 Å². The van der Waals surface area contributed by atoms with Crippen LogP contribution in [0.3, 0.4) is 0 Å². The molecule has 1 fully saturated rings. The van der Waals surface area contributed by atoms with E-state index in [1.807, 2.05) is 0 Å². The summed E-state index contributed by atoms with van der Waals surface area (Å²) in [5.41, 5.74) is 0.534. The van der Waals surface area contributed by atoms with E-state index in [2.05, 4.69) is 15.3 Å². The van der Waals surface area contributed by atoms with E-state index >= 15 is 0 Å². The number of carbonyl (C=O) groups excluding carboxylic acids is 1. The quantitative estimate of drug-likeness (QED) is 0.583. The van der Waals surface area contributed by atoms with Gasteiger partial charge in [-0.3, -0.25) is 4.79 Å². The van der Waals surface area contributed by atoms with E-state index in [0.717, 1.165) is 0 Å². The third-order valence-electron chi connectivity index (χ3n) is 2.48. The number of aromatic nitrogens is 2. The minimum atomic E-state index is -0.435. The predicted octanol–water partition coefficient (Wildman–Crippen LogP) is -0.0712. The number of thioether (sulfide) groups is 1. The Morgan fingerprint density at radius 2 is 2.29 bits per heavy atom. The normalized spacial score (nSPS) is 15.4. The summed E-state index contributed by atoms with van der Waals surface area (Å²) < 4.78 is 4.98. The van der Waals surface area contributed by atoms with Crippen LogP contribution < -0.4 is 11.0 Å². The van der Waals surface area contributed by atoms with Gasteiger partial charge in [-0.1, -0.05) is 0 Å². The topological polar surface area (TPSA) is 84.1 Å². The Hall–Kier alpha value is -1.34. The molecule has 1 aromatic heterocycles. The number of H-pyrrole nitrogens is 1. The molecule has 0 aromatic carbocycles. The highest BCUT2D eigenvalue weighted by Crippen LogP contribution is 2.18. The van der Waals surface area contributed by atoms with Crippen LogP contribution in [0.1, 0.15) is 16.1 Å². The van der Waals surface area contributed by atoms with Crippen LogP contribution in [0.2, 0.25) is 0 Å². The average Bonchev–Trinajstić information content (AvgIpc) is 2.21. The summed E-state index contributed by atoms with van der Waals surface area (Å²) >= 11 is 1.28. The van der Waals surface area contributed by atoms with E-state index in [9.17, 15) is 9.59 Å². The highest BCUT2D eigenvalue weighted by atomic mass is 32.2. The molecule has 6 nitrogen and oxygen atoms in total. The molecular weight excluding hydrogens is 242 g/mol. The van der Waals surface area contributed by atoms with Gasteiger partial charge in [0, 0.05) is 5.69 Å². The lowest BCUT2D eigenvalue weighted by Crippen LogP contribution is -2.49. The van der Waals surface area contributed by atoms with Gasteiger partial charge in [-0.05, 0) is 13.2 Å². The molecule has 1 aromatic rings. The lowest BCUT2D eigenvalue weighted by molar-refractivity contribution is -0.00355. The van der Waals surface area contributed by atoms with E-state index in [-0.39, 0.29) is 11.9 Å². The summed E-state index contributed by atoms with van der Waals surface area (Å²) in [5.74, 6) is -0.219. The van der Waals surface area contributed by atoms with Crippen LogP contribution in [0.15, 0.2) is 9.82 Å². The number of nitrogens with one attached hydrogen (secondary N) is 2. The highest BCUT2D eigenvalue weighted by Gasteiger charge is 2.24. The fraction of sp³-hybridized carbons (Fsp3) is 0.500. The van der Waals surface area contributed by atoms with Crippen molar-refractivity contribution in [2.75, 3.05) is 19.5 Å². The molecule has 1 aliphatic rings. The second kappa shape index (κ2) is 4.89. The van der Waals surface area contributed by atoms with Crippen molar-refractivity contribution in [3.05, 3.63) is 21.7 Å². The van der Waals surface area contributed by atoms with Gasteiger partial charge in [0.2, 0.25) is 0 Å². The van der Waals surface area contributed by atoms with Gasteiger partial charge in [0.1, 0.15) is 5.03 Å². The summed E-state index contributed by atoms with van der Waals surface area (Å²) in [6.07, 6.45) is 1.78. The van der Waals surface area contributed by atoms with E-state index in [1.54, 1.807) is 13.2 Å². The summed E-state index contributed by atoms with van der Waals surface area (Å²) in [6.45, 7) is 2.77. The van der Waals surface area contributed by atoms with Gasteiger partial charge in [0.15, 0.2) is 0 Å². The SMILES string of the molecule is CSc1nc(=O)[nH]c(C)c1C(=O)NC1COC1. The maximum atomic E-state index is 12.0. The maximum absolute atomic E-state index is 12.0. The molecule has 0 radical (unpaired) electrons. The number of carbonyl (C=O) groups is 1. The maximum Gasteiger partial charge on any atom is 0.346 e. The van der Waals surface area contributed by atoms with Gasteiger partial charge in [0.05, 0.1) is 24.8 Å². The van der Waals surface area contributed by atoms with Crippen molar-refractivity contribution in [1.29, 1.82) is 0 Å². The molecule has 0 saturated carbocycles. The molecular formula is C10H13N3O3S. The second-order valence-electron chi connectivity index (χ2n) is 3.76. The summed E-state index contributed by atoms with van der Waals surface area (Å²) in [6, 6.07) is 0.0588. The minimum Gasteiger partial charge on any atom is -0.377 e. The van der Waals surface area contributed by atoms with Crippen molar-refractivity contribution in [3.8, 4) is 0 Å². The number of aryl methyl sites for hydroxylation is 1. The fourth-order valence-corrected chi connectivity index (χ4v) is 2.18. The van der Waals surface area contributed by atoms with E-state index in [0.29, 0.717) is 29.5 Å². The first-order valence-corrected chi connectivity index (χ1v) is 6.38. The monoisotopic (exact) mass is 255 g/mol. The van der Waals surface area contributed by atoms with Crippen molar-refractivity contribution in [2.45, 2.75) is 18.0 Å². The number of ether oxygens (including phenoxy) is 1. The zero-order valence-corrected chi connectivity index (χ0v) is 10.4. The third-order valence-corrected chi connectivity index (χ3v) is 3.16. The number of nitrogens with zero attached hydrogens (tertiary/aromatic N) is 1. The first-order valence-electron chi connectivity index (χ1n) is 5.15. The summed E-state index contributed by atoms with van der Waals surface area (Å²) in [7, 11) is 0. The van der Waals surface area contributed by atoms with Crippen molar-refractivity contribution in [1.82, 2.24) is 15.3 Å². The molecule has 0 atom stereocenters. The van der Waals surface area contributed by atoms with Gasteiger partial charge in [-0.2, -0.15) is 4.98 Å². The molecule has 92 valence electrons. The summed E-state index contributed by atoms with van der Waals surface area (Å²) in [5, 5.41) is 3.28. The Bertz CT molecular complexity index is 496. The second-order valence-corrected chi connectivity index (χ2v) is 4.55. The molecule has 17 heavy (non-hydrogen) atoms. The molecule has 2 N–H and O–H groups in total. The smallest absolute Gasteiger partial charge is 0.346 e. The number of aromatic amines is 1. The lowest BCUT2D eigenvalue weighted by Gasteiger charge is -2.27. The standard InChI is InChI=1S/C10H13N3O3S/c1-5-7(8(14)12-6-3-16-4-6)9(17-2)13-10(15)11-5/h6H,3-4H2,1-2H3,(H,12,14)(H,11,13,15). The van der Waals surface area contributed by atoms with Gasteiger partial charge in [-0.25, -0.2) is 4.79 Å². The fourth-order valence-electron chi connectivity index (χ4n) is 1.55. The molecule has 7 heteroatoms. The Morgan fingerprint density at radius 1 is 1.59 bits per heavy atom. The number of hydrogen-bond acceptors (Lipinski definition) is 5. The molecule has 0 bridgehead atoms. The molecule has 0 spiro atoms.